The van der Waals surface area contributed by atoms with Gasteiger partial charge in [-0.1, -0.05) is 12.1 Å². The number of carbonyl (C=O) groups excluding carboxylic acids is 1. The van der Waals surface area contributed by atoms with E-state index in [0.717, 1.165) is 34.4 Å². The number of rotatable bonds is 7. The number of nitriles is 1. The van der Waals surface area contributed by atoms with Crippen LogP contribution in [0, 0.1) is 11.3 Å². The van der Waals surface area contributed by atoms with E-state index in [1.807, 2.05) is 30.3 Å². The summed E-state index contributed by atoms with van der Waals surface area (Å²) in [4.78, 5) is 12.0. The number of hydrogen-bond donors (Lipinski definition) is 0. The Morgan fingerprint density at radius 1 is 1.15 bits per heavy atom. The summed E-state index contributed by atoms with van der Waals surface area (Å²) in [5, 5.41) is 9.96. The minimum Gasteiger partial charge on any atom is -0.497 e. The molecule has 138 valence electrons. The lowest BCUT2D eigenvalue weighted by Crippen LogP contribution is -2.08. The van der Waals surface area contributed by atoms with Crippen LogP contribution in [0.25, 0.3) is 11.0 Å². The molecule has 5 nitrogen and oxygen atoms in total. The largest absolute Gasteiger partial charge is 0.497 e. The van der Waals surface area contributed by atoms with Gasteiger partial charge in [0.2, 0.25) is 0 Å². The van der Waals surface area contributed by atoms with Crippen molar-refractivity contribution < 1.29 is 18.7 Å². The highest BCUT2D eigenvalue weighted by atomic mass is 16.5. The first-order valence-corrected chi connectivity index (χ1v) is 8.87. The number of hydrogen-bond acceptors (Lipinski definition) is 5. The third-order valence-corrected chi connectivity index (χ3v) is 4.43. The number of ether oxygens (including phenoxy) is 2. The van der Waals surface area contributed by atoms with Gasteiger partial charge in [0.25, 0.3) is 0 Å². The molecule has 0 unspecified atom stereocenters. The van der Waals surface area contributed by atoms with E-state index in [9.17, 15) is 4.79 Å². The van der Waals surface area contributed by atoms with Crippen LogP contribution in [0.3, 0.4) is 0 Å². The van der Waals surface area contributed by atoms with E-state index in [1.54, 1.807) is 26.2 Å². The number of benzene rings is 2. The zero-order valence-corrected chi connectivity index (χ0v) is 15.5. The van der Waals surface area contributed by atoms with Gasteiger partial charge in [0.05, 0.1) is 31.8 Å². The van der Waals surface area contributed by atoms with Gasteiger partial charge in [-0.25, -0.2) is 0 Å². The third-order valence-electron chi connectivity index (χ3n) is 4.43. The van der Waals surface area contributed by atoms with Crippen LogP contribution < -0.4 is 4.74 Å². The monoisotopic (exact) mass is 363 g/mol. The number of esters is 1. The number of furan rings is 1. The fraction of sp³-hybridized carbons (Fsp3) is 0.273. The molecule has 27 heavy (non-hydrogen) atoms. The molecule has 0 N–H and O–H groups in total. The second kappa shape index (κ2) is 8.41. The Morgan fingerprint density at radius 3 is 2.59 bits per heavy atom. The Balaban J connectivity index is 1.89. The molecule has 0 spiro atoms. The Labute approximate surface area is 158 Å². The third kappa shape index (κ3) is 4.29. The van der Waals surface area contributed by atoms with Gasteiger partial charge >= 0.3 is 5.97 Å². The molecule has 0 radical (unpaired) electrons. The van der Waals surface area contributed by atoms with Gasteiger partial charge in [-0.3, -0.25) is 4.79 Å². The molecule has 1 heterocycles. The van der Waals surface area contributed by atoms with E-state index >= 15 is 0 Å². The van der Waals surface area contributed by atoms with Crippen LogP contribution in [-0.2, 0) is 28.8 Å². The Hall–Kier alpha value is -3.26. The predicted molar refractivity (Wildman–Crippen MR) is 102 cm³/mol. The lowest BCUT2D eigenvalue weighted by molar-refractivity contribution is -0.142. The van der Waals surface area contributed by atoms with Crippen LogP contribution in [0.4, 0.5) is 0 Å². The maximum atomic E-state index is 12.0. The molecule has 0 aliphatic carbocycles. The van der Waals surface area contributed by atoms with Crippen molar-refractivity contribution in [3.05, 3.63) is 64.9 Å². The van der Waals surface area contributed by atoms with Crippen molar-refractivity contribution in [2.75, 3.05) is 13.7 Å². The summed E-state index contributed by atoms with van der Waals surface area (Å²) in [6, 6.07) is 15.3. The first-order chi connectivity index (χ1) is 13.1. The van der Waals surface area contributed by atoms with Crippen molar-refractivity contribution >= 4 is 16.9 Å². The molecular weight excluding hydrogens is 342 g/mol. The molecule has 5 heteroatoms. The molecule has 0 fully saturated rings. The maximum absolute atomic E-state index is 12.0. The highest BCUT2D eigenvalue weighted by Crippen LogP contribution is 2.29. The number of methoxy groups -OCH3 is 1. The molecule has 3 aromatic rings. The van der Waals surface area contributed by atoms with Crippen LogP contribution in [-0.4, -0.2) is 19.7 Å². The summed E-state index contributed by atoms with van der Waals surface area (Å²) in [5.41, 5.74) is 3.14. The second-order valence-electron chi connectivity index (χ2n) is 6.16. The average Bonchev–Trinajstić information content (AvgIpc) is 3.03. The van der Waals surface area contributed by atoms with Crippen LogP contribution in [0.5, 0.6) is 5.75 Å². The Morgan fingerprint density at radius 2 is 1.93 bits per heavy atom. The van der Waals surface area contributed by atoms with Gasteiger partial charge in [-0.05, 0) is 49.2 Å². The highest BCUT2D eigenvalue weighted by Gasteiger charge is 2.18. The zero-order chi connectivity index (χ0) is 19.2. The van der Waals surface area contributed by atoms with Crippen molar-refractivity contribution in [1.82, 2.24) is 0 Å². The van der Waals surface area contributed by atoms with Crippen LogP contribution in [0.1, 0.15) is 29.4 Å². The zero-order valence-electron chi connectivity index (χ0n) is 15.5. The van der Waals surface area contributed by atoms with Crippen molar-refractivity contribution in [1.29, 1.82) is 5.26 Å². The normalized spacial score (nSPS) is 10.6. The van der Waals surface area contributed by atoms with E-state index in [4.69, 9.17) is 19.2 Å². The summed E-state index contributed by atoms with van der Waals surface area (Å²) < 4.78 is 16.3. The minimum absolute atomic E-state index is 0.157. The Bertz CT molecular complexity index is 980. The van der Waals surface area contributed by atoms with Gasteiger partial charge in [0, 0.05) is 17.4 Å². The number of fused-ring (bicyclic) bond motifs is 1. The van der Waals surface area contributed by atoms with Crippen LogP contribution in [0.2, 0.25) is 0 Å². The smallest absolute Gasteiger partial charge is 0.310 e. The quantitative estimate of drug-likeness (QED) is 0.588. The van der Waals surface area contributed by atoms with Gasteiger partial charge in [-0.2, -0.15) is 5.26 Å². The van der Waals surface area contributed by atoms with E-state index in [0.29, 0.717) is 24.2 Å². The lowest BCUT2D eigenvalue weighted by Gasteiger charge is -2.05. The number of nitrogens with zero attached hydrogens (tertiary/aromatic N) is 1. The molecule has 0 atom stereocenters. The number of aryl methyl sites for hydroxylation is 2. The summed E-state index contributed by atoms with van der Waals surface area (Å²) in [7, 11) is 1.64. The number of carbonyl (C=O) groups is 1. The fourth-order valence-electron chi connectivity index (χ4n) is 3.07. The van der Waals surface area contributed by atoms with Gasteiger partial charge < -0.3 is 13.9 Å². The highest BCUT2D eigenvalue weighted by molar-refractivity contribution is 5.87. The van der Waals surface area contributed by atoms with Crippen LogP contribution in [0.15, 0.2) is 46.9 Å². The summed E-state index contributed by atoms with van der Waals surface area (Å²) in [6.45, 7) is 2.13. The van der Waals surface area contributed by atoms with Crippen LogP contribution >= 0.6 is 0 Å². The standard InChI is InChI=1S/C22H21NO4/c1-3-26-22(24)13-19-18-10-6-16(14-23)12-21(18)27-20(19)11-7-15-4-8-17(25-2)9-5-15/h4-6,8-10,12H,3,7,11,13H2,1-2H3. The predicted octanol–water partition coefficient (Wildman–Crippen LogP) is 4.20. The molecule has 0 aliphatic heterocycles. The van der Waals surface area contributed by atoms with Gasteiger partial charge in [0.1, 0.15) is 17.1 Å². The Kier molecular flexibility index (Phi) is 5.77. The minimum atomic E-state index is -0.282. The first-order valence-electron chi connectivity index (χ1n) is 8.87. The van der Waals surface area contributed by atoms with Gasteiger partial charge in [0.15, 0.2) is 0 Å². The van der Waals surface area contributed by atoms with E-state index in [1.165, 1.54) is 0 Å². The van der Waals surface area contributed by atoms with Gasteiger partial charge in [-0.15, -0.1) is 0 Å². The summed E-state index contributed by atoms with van der Waals surface area (Å²) in [6.07, 6.45) is 1.58. The average molecular weight is 363 g/mol. The molecule has 0 amide bonds. The molecular formula is C22H21NO4. The summed E-state index contributed by atoms with van der Waals surface area (Å²) in [5.74, 6) is 1.29. The molecule has 0 saturated carbocycles. The maximum Gasteiger partial charge on any atom is 0.310 e. The molecule has 3 rings (SSSR count). The van der Waals surface area contributed by atoms with Crippen molar-refractivity contribution in [3.63, 3.8) is 0 Å². The van der Waals surface area contributed by atoms with Crippen molar-refractivity contribution in [2.24, 2.45) is 0 Å². The van der Waals surface area contributed by atoms with E-state index in [2.05, 4.69) is 6.07 Å². The van der Waals surface area contributed by atoms with Crippen molar-refractivity contribution in [2.45, 2.75) is 26.2 Å². The fourth-order valence-corrected chi connectivity index (χ4v) is 3.07. The lowest BCUT2D eigenvalue weighted by atomic mass is 10.0. The second-order valence-corrected chi connectivity index (χ2v) is 6.16. The molecule has 2 aromatic carbocycles. The van der Waals surface area contributed by atoms with Crippen molar-refractivity contribution in [3.8, 4) is 11.8 Å². The SMILES string of the molecule is CCOC(=O)Cc1c(CCc2ccc(OC)cc2)oc2cc(C#N)ccc12. The van der Waals surface area contributed by atoms with E-state index in [-0.39, 0.29) is 12.4 Å². The molecule has 0 saturated heterocycles. The topological polar surface area (TPSA) is 72.5 Å². The van der Waals surface area contributed by atoms with E-state index < -0.39 is 0 Å². The molecule has 0 bridgehead atoms. The summed E-state index contributed by atoms with van der Waals surface area (Å²) >= 11 is 0. The molecule has 1 aromatic heterocycles. The first kappa shape index (κ1) is 18.5. The molecule has 0 aliphatic rings.